The number of likely N-dealkylation sites (tertiary alicyclic amines) is 2. The molecule has 2 atom stereocenters. The van der Waals surface area contributed by atoms with Gasteiger partial charge in [0.15, 0.2) is 0 Å². The van der Waals surface area contributed by atoms with Gasteiger partial charge in [-0.15, -0.1) is 24.5 Å². The summed E-state index contributed by atoms with van der Waals surface area (Å²) in [6, 6.07) is 27.4. The van der Waals surface area contributed by atoms with Crippen LogP contribution < -0.4 is 37.7 Å². The number of hydrogen-bond acceptors (Lipinski definition) is 2. The van der Waals surface area contributed by atoms with Crippen LogP contribution in [0.4, 0.5) is 11.4 Å². The largest absolute Gasteiger partial charge is 1.00 e. The maximum atomic E-state index is 5.27. The van der Waals surface area contributed by atoms with E-state index < -0.39 is 0 Å². The molecule has 0 aromatic heterocycles. The fourth-order valence-corrected chi connectivity index (χ4v) is 6.14. The quantitative estimate of drug-likeness (QED) is 0.371. The zero-order valence-electron chi connectivity index (χ0n) is 23.5. The minimum absolute atomic E-state index is 0. The molecule has 0 unspecified atom stereocenters. The minimum atomic E-state index is 0. The van der Waals surface area contributed by atoms with Crippen LogP contribution in [-0.4, -0.2) is 62.2 Å². The van der Waals surface area contributed by atoms with Crippen molar-refractivity contribution in [1.29, 1.82) is 0 Å². The van der Waals surface area contributed by atoms with Crippen molar-refractivity contribution in [2.75, 3.05) is 40.3 Å². The van der Waals surface area contributed by atoms with Gasteiger partial charge >= 0.3 is 37.7 Å². The molecule has 0 saturated carbocycles. The van der Waals surface area contributed by atoms with Crippen LogP contribution in [0.1, 0.15) is 25.7 Å². The third kappa shape index (κ3) is 5.83. The Kier molecular flexibility index (Phi) is 9.94. The normalized spacial score (nSPS) is 19.8. The van der Waals surface area contributed by atoms with Crippen LogP contribution in [0.5, 0.6) is 0 Å². The van der Waals surface area contributed by atoms with Gasteiger partial charge in [0.25, 0.3) is 0 Å². The Bertz CT molecular complexity index is 1270. The van der Waals surface area contributed by atoms with Crippen molar-refractivity contribution in [3.8, 4) is 11.1 Å². The molecule has 0 N–H and O–H groups in total. The van der Waals surface area contributed by atoms with E-state index in [0.717, 1.165) is 24.5 Å². The van der Waals surface area contributed by atoms with Crippen molar-refractivity contribution in [2.24, 2.45) is 0 Å². The van der Waals surface area contributed by atoms with Crippen LogP contribution in [0.25, 0.3) is 43.3 Å². The number of nitrogens with zero attached hydrogens (tertiary/aromatic N) is 4. The molecule has 0 radical (unpaired) electrons. The predicted octanol–water partition coefficient (Wildman–Crippen LogP) is 1.87. The van der Waals surface area contributed by atoms with E-state index in [1.54, 1.807) is 0 Å². The fourth-order valence-electron chi connectivity index (χ4n) is 6.14. The molecule has 6 heteroatoms. The standard InChI is InChI=1S/C32H36N4.2Li/c1-35-19-7-11-25(35)21-33-29-17-15-23-9-3-5-13-27(23)31(29)32-28-14-6-4-10-24(28)16-18-30(32)34-22-26-12-8-20-36(26)2;;/h3-6,9-10,13-18,25-26H,7-8,11-12,19-22H2,1-2H3;;/q-2;2*+1/t25-,26-;;/m0../s1. The van der Waals surface area contributed by atoms with Crippen LogP contribution in [0.15, 0.2) is 72.8 Å². The van der Waals surface area contributed by atoms with Crippen LogP contribution >= 0.6 is 0 Å². The van der Waals surface area contributed by atoms with E-state index in [4.69, 9.17) is 10.6 Å². The van der Waals surface area contributed by atoms with Crippen LogP contribution in [0.3, 0.4) is 0 Å². The first-order valence-corrected chi connectivity index (χ1v) is 13.5. The van der Waals surface area contributed by atoms with Gasteiger partial charge in [-0.2, -0.15) is 0 Å². The molecule has 4 aromatic carbocycles. The summed E-state index contributed by atoms with van der Waals surface area (Å²) < 4.78 is 0. The molecular formula is C32H36Li2N4. The summed E-state index contributed by atoms with van der Waals surface area (Å²) in [6.45, 7) is 4.03. The molecule has 2 aliphatic rings. The monoisotopic (exact) mass is 490 g/mol. The summed E-state index contributed by atoms with van der Waals surface area (Å²) in [6.07, 6.45) is 4.99. The molecular weight excluding hydrogens is 454 g/mol. The fraction of sp³-hybridized carbons (Fsp3) is 0.375. The van der Waals surface area contributed by atoms with E-state index in [1.165, 1.54) is 71.4 Å². The Balaban J connectivity index is 0.00000168. The summed E-state index contributed by atoms with van der Waals surface area (Å²) in [5, 5.41) is 15.5. The number of hydrogen-bond donors (Lipinski definition) is 0. The first kappa shape index (κ1) is 29.1. The average Bonchev–Trinajstić information content (AvgIpc) is 3.52. The number of likely N-dealkylation sites (N-methyl/N-ethyl adjacent to an activating group) is 2. The van der Waals surface area contributed by atoms with Gasteiger partial charge in [0, 0.05) is 0 Å². The Hall–Kier alpha value is -1.89. The molecule has 186 valence electrons. The molecule has 2 saturated heterocycles. The topological polar surface area (TPSA) is 34.7 Å². The van der Waals surface area contributed by atoms with Crippen LogP contribution in [0.2, 0.25) is 0 Å². The molecule has 0 bridgehead atoms. The molecule has 0 spiro atoms. The van der Waals surface area contributed by atoms with Crippen LogP contribution in [-0.2, 0) is 0 Å². The maximum Gasteiger partial charge on any atom is 1.00 e. The summed E-state index contributed by atoms with van der Waals surface area (Å²) in [7, 11) is 4.46. The Morgan fingerprint density at radius 1 is 0.605 bits per heavy atom. The van der Waals surface area contributed by atoms with Crippen molar-refractivity contribution in [3.05, 3.63) is 83.4 Å². The first-order valence-electron chi connectivity index (χ1n) is 13.5. The van der Waals surface area contributed by atoms with Gasteiger partial charge in [-0.3, -0.25) is 0 Å². The van der Waals surface area contributed by atoms with Gasteiger partial charge < -0.3 is 20.4 Å². The molecule has 38 heavy (non-hydrogen) atoms. The van der Waals surface area contributed by atoms with E-state index in [0.29, 0.717) is 12.1 Å². The Morgan fingerprint density at radius 3 is 1.42 bits per heavy atom. The van der Waals surface area contributed by atoms with Gasteiger partial charge in [0.05, 0.1) is 0 Å². The molecule has 4 nitrogen and oxygen atoms in total. The SMILES string of the molecule is CN1CCC[C@H]1C[N-]c1ccc2ccccc2c1-c1c([N-]C[C@@H]2CCCN2C)ccc2ccccc12.[Li+].[Li+]. The van der Waals surface area contributed by atoms with Gasteiger partial charge in [-0.05, 0) is 97.6 Å². The molecule has 6 rings (SSSR count). The van der Waals surface area contributed by atoms with Crippen molar-refractivity contribution in [1.82, 2.24) is 9.80 Å². The summed E-state index contributed by atoms with van der Waals surface area (Å²) in [5.74, 6) is 0. The molecule has 2 fully saturated rings. The van der Waals surface area contributed by atoms with Crippen molar-refractivity contribution < 1.29 is 37.7 Å². The van der Waals surface area contributed by atoms with Crippen LogP contribution in [0, 0.1) is 0 Å². The molecule has 4 aromatic rings. The number of fused-ring (bicyclic) bond motifs is 2. The maximum absolute atomic E-state index is 5.27. The van der Waals surface area contributed by atoms with E-state index in [-0.39, 0.29) is 37.7 Å². The second-order valence-corrected chi connectivity index (χ2v) is 10.6. The van der Waals surface area contributed by atoms with Crippen molar-refractivity contribution in [3.63, 3.8) is 0 Å². The van der Waals surface area contributed by atoms with Gasteiger partial charge in [-0.1, -0.05) is 72.8 Å². The summed E-state index contributed by atoms with van der Waals surface area (Å²) >= 11 is 0. The molecule has 0 amide bonds. The summed E-state index contributed by atoms with van der Waals surface area (Å²) in [5.41, 5.74) is 4.62. The molecule has 2 aliphatic heterocycles. The summed E-state index contributed by atoms with van der Waals surface area (Å²) in [4.78, 5) is 4.92. The van der Waals surface area contributed by atoms with E-state index in [1.807, 2.05) is 0 Å². The second kappa shape index (κ2) is 13.0. The van der Waals surface area contributed by atoms with Gasteiger partial charge in [-0.25, -0.2) is 0 Å². The van der Waals surface area contributed by atoms with Crippen molar-refractivity contribution in [2.45, 2.75) is 37.8 Å². The zero-order chi connectivity index (χ0) is 24.5. The third-order valence-electron chi connectivity index (χ3n) is 8.35. The number of rotatable bonds is 7. The van der Waals surface area contributed by atoms with Gasteiger partial charge in [0.1, 0.15) is 0 Å². The molecule has 0 aliphatic carbocycles. The Labute approximate surface area is 251 Å². The van der Waals surface area contributed by atoms with E-state index in [2.05, 4.69) is 96.7 Å². The Morgan fingerprint density at radius 2 is 1.03 bits per heavy atom. The number of benzene rings is 4. The predicted molar refractivity (Wildman–Crippen MR) is 154 cm³/mol. The van der Waals surface area contributed by atoms with Gasteiger partial charge in [0.2, 0.25) is 0 Å². The van der Waals surface area contributed by atoms with E-state index >= 15 is 0 Å². The third-order valence-corrected chi connectivity index (χ3v) is 8.35. The van der Waals surface area contributed by atoms with Crippen molar-refractivity contribution >= 4 is 32.9 Å². The second-order valence-electron chi connectivity index (χ2n) is 10.6. The minimum Gasteiger partial charge on any atom is -0.683 e. The van der Waals surface area contributed by atoms with E-state index in [9.17, 15) is 0 Å². The smallest absolute Gasteiger partial charge is 0.683 e. The molecule has 2 heterocycles. The first-order chi connectivity index (χ1) is 17.7. The average molecular weight is 491 g/mol. The zero-order valence-corrected chi connectivity index (χ0v) is 23.5.